The number of benzene rings is 4. The van der Waals surface area contributed by atoms with E-state index in [1.807, 2.05) is 6.92 Å². The summed E-state index contributed by atoms with van der Waals surface area (Å²) in [6.07, 6.45) is 0.684. The van der Waals surface area contributed by atoms with E-state index in [0.717, 1.165) is 5.56 Å². The maximum absolute atomic E-state index is 14.6. The van der Waals surface area contributed by atoms with Crippen LogP contribution in [-0.4, -0.2) is 8.42 Å². The summed E-state index contributed by atoms with van der Waals surface area (Å²) in [5.74, 6) is -12.2. The summed E-state index contributed by atoms with van der Waals surface area (Å²) in [6.45, 7) is 1.92. The molecule has 4 rings (SSSR count). The van der Waals surface area contributed by atoms with Crippen LogP contribution in [0.5, 0.6) is 0 Å². The largest absolute Gasteiger partial charge is 0.313 e. The van der Waals surface area contributed by atoms with Crippen LogP contribution >= 0.6 is 10.3 Å². The van der Waals surface area contributed by atoms with Gasteiger partial charge >= 0.3 is 10.1 Å². The van der Waals surface area contributed by atoms with Gasteiger partial charge in [-0.1, -0.05) is 55.5 Å². The van der Waals surface area contributed by atoms with Gasteiger partial charge in [0.25, 0.3) is 0 Å². The van der Waals surface area contributed by atoms with E-state index in [2.05, 4.69) is 0 Å². The van der Waals surface area contributed by atoms with E-state index in [4.69, 9.17) is 3.63 Å². The van der Waals surface area contributed by atoms with E-state index in [-0.39, 0.29) is 0 Å². The summed E-state index contributed by atoms with van der Waals surface area (Å²) in [4.78, 5) is -1.06. The van der Waals surface area contributed by atoms with Crippen LogP contribution in [0.4, 0.5) is 22.0 Å². The highest BCUT2D eigenvalue weighted by molar-refractivity contribution is 8.33. The summed E-state index contributed by atoms with van der Waals surface area (Å²) >= 11 is 0. The molecule has 10 heteroatoms. The van der Waals surface area contributed by atoms with Gasteiger partial charge in [0.2, 0.25) is 5.82 Å². The van der Waals surface area contributed by atoms with Crippen LogP contribution in [0.2, 0.25) is 0 Å². The zero-order valence-electron chi connectivity index (χ0n) is 18.7. The first kappa shape index (κ1) is 25.9. The van der Waals surface area contributed by atoms with Gasteiger partial charge in [0, 0.05) is 14.7 Å². The number of halogens is 5. The molecule has 0 unspecified atom stereocenters. The smallest absolute Gasteiger partial charge is 0.203 e. The van der Waals surface area contributed by atoms with Gasteiger partial charge in [0.1, 0.15) is 0 Å². The standard InChI is InChI=1S/C26H19F5O3S2/c1-2-17-13-15-20(16-14-17)35(18-9-5-3-6-10-18,19-11-7-4-8-12-19)34-36(32,33)26-24(30)22(28)21(27)23(29)25(26)31/h3-16H,2H2,1H3. The third kappa shape index (κ3) is 4.40. The molecule has 3 nitrogen and oxygen atoms in total. The fourth-order valence-electron chi connectivity index (χ4n) is 3.64. The van der Waals surface area contributed by atoms with Gasteiger partial charge in [0.15, 0.2) is 28.2 Å². The van der Waals surface area contributed by atoms with Gasteiger partial charge in [-0.2, -0.15) is 8.42 Å². The molecule has 4 aromatic rings. The normalized spacial score (nSPS) is 12.5. The Labute approximate surface area is 206 Å². The highest BCUT2D eigenvalue weighted by Crippen LogP contribution is 2.70. The fraction of sp³-hybridized carbons (Fsp3) is 0.0769. The van der Waals surface area contributed by atoms with Crippen LogP contribution in [0, 0.1) is 29.1 Å². The van der Waals surface area contributed by atoms with Gasteiger partial charge in [0.05, 0.1) is 0 Å². The molecule has 0 saturated carbocycles. The minimum absolute atomic E-state index is 0.327. The van der Waals surface area contributed by atoms with Crippen LogP contribution in [0.3, 0.4) is 0 Å². The first-order valence-electron chi connectivity index (χ1n) is 10.6. The van der Waals surface area contributed by atoms with E-state index >= 15 is 0 Å². The van der Waals surface area contributed by atoms with Crippen LogP contribution in [0.25, 0.3) is 0 Å². The summed E-state index contributed by atoms with van der Waals surface area (Å²) < 4.78 is 103. The van der Waals surface area contributed by atoms with E-state index in [0.29, 0.717) is 21.1 Å². The lowest BCUT2D eigenvalue weighted by molar-refractivity contribution is 0.354. The lowest BCUT2D eigenvalue weighted by Gasteiger charge is -2.39. The highest BCUT2D eigenvalue weighted by atomic mass is 32.3. The Balaban J connectivity index is 2.06. The molecule has 0 N–H and O–H groups in total. The van der Waals surface area contributed by atoms with Crippen molar-refractivity contribution < 1.29 is 34.0 Å². The van der Waals surface area contributed by atoms with Crippen molar-refractivity contribution in [2.75, 3.05) is 0 Å². The van der Waals surface area contributed by atoms with Crippen molar-refractivity contribution in [2.45, 2.75) is 32.9 Å². The molecule has 0 spiro atoms. The lowest BCUT2D eigenvalue weighted by Crippen LogP contribution is -2.19. The van der Waals surface area contributed by atoms with E-state index in [1.165, 1.54) is 0 Å². The van der Waals surface area contributed by atoms with Crippen molar-refractivity contribution in [1.82, 2.24) is 0 Å². The Bertz CT molecular complexity index is 1430. The Morgan fingerprint density at radius 3 is 1.39 bits per heavy atom. The third-order valence-electron chi connectivity index (χ3n) is 5.42. The van der Waals surface area contributed by atoms with Gasteiger partial charge in [-0.25, -0.2) is 25.6 Å². The average Bonchev–Trinajstić information content (AvgIpc) is 2.90. The first-order valence-corrected chi connectivity index (χ1v) is 13.6. The molecule has 0 aromatic heterocycles. The first-order chi connectivity index (χ1) is 17.1. The Kier molecular flexibility index (Phi) is 7.21. The van der Waals surface area contributed by atoms with Gasteiger partial charge in [-0.3, -0.25) is 0 Å². The Hall–Kier alpha value is -3.21. The molecule has 0 atom stereocenters. The second kappa shape index (κ2) is 10.0. The topological polar surface area (TPSA) is 43.4 Å². The highest BCUT2D eigenvalue weighted by Gasteiger charge is 2.42. The molecule has 188 valence electrons. The van der Waals surface area contributed by atoms with E-state index < -0.39 is 54.4 Å². The molecule has 0 radical (unpaired) electrons. The molecule has 0 amide bonds. The predicted octanol–water partition coefficient (Wildman–Crippen LogP) is 7.55. The van der Waals surface area contributed by atoms with Gasteiger partial charge < -0.3 is 0 Å². The Morgan fingerprint density at radius 1 is 0.583 bits per heavy atom. The van der Waals surface area contributed by atoms with Crippen molar-refractivity contribution >= 4 is 20.4 Å². The van der Waals surface area contributed by atoms with E-state index in [9.17, 15) is 30.4 Å². The van der Waals surface area contributed by atoms with Crippen molar-refractivity contribution in [2.24, 2.45) is 0 Å². The zero-order valence-corrected chi connectivity index (χ0v) is 20.4. The minimum Gasteiger partial charge on any atom is -0.203 e. The number of hydrogen-bond acceptors (Lipinski definition) is 3. The second-order valence-corrected chi connectivity index (χ2v) is 12.0. The summed E-state index contributed by atoms with van der Waals surface area (Å²) in [6, 6.07) is 22.9. The number of hydrogen-bond donors (Lipinski definition) is 0. The molecule has 0 bridgehead atoms. The van der Waals surface area contributed by atoms with Crippen molar-refractivity contribution in [3.63, 3.8) is 0 Å². The molecule has 0 aliphatic rings. The van der Waals surface area contributed by atoms with Crippen LogP contribution in [0.1, 0.15) is 12.5 Å². The molecule has 0 fully saturated rings. The maximum atomic E-state index is 14.6. The van der Waals surface area contributed by atoms with Crippen molar-refractivity contribution in [3.8, 4) is 0 Å². The van der Waals surface area contributed by atoms with Crippen LogP contribution < -0.4 is 0 Å². The SMILES string of the molecule is CCc1ccc(S(OS(=O)(=O)c2c(F)c(F)c(F)c(F)c2F)(c2ccccc2)c2ccccc2)cc1. The molecular formula is C26H19F5O3S2. The maximum Gasteiger partial charge on any atom is 0.313 e. The number of aryl methyl sites for hydroxylation is 1. The van der Waals surface area contributed by atoms with Crippen molar-refractivity contribution in [1.29, 1.82) is 0 Å². The average molecular weight is 539 g/mol. The number of rotatable bonds is 7. The quantitative estimate of drug-likeness (QED) is 0.139. The van der Waals surface area contributed by atoms with E-state index in [1.54, 1.807) is 84.9 Å². The van der Waals surface area contributed by atoms with Crippen LogP contribution in [-0.2, 0) is 20.2 Å². The lowest BCUT2D eigenvalue weighted by atomic mass is 10.2. The van der Waals surface area contributed by atoms with Gasteiger partial charge in [-0.05, 0) is 58.7 Å². The molecule has 4 aromatic carbocycles. The summed E-state index contributed by atoms with van der Waals surface area (Å²) in [7, 11) is -8.85. The molecule has 0 aliphatic heterocycles. The van der Waals surface area contributed by atoms with Gasteiger partial charge in [-0.15, -0.1) is 0 Å². The Morgan fingerprint density at radius 2 is 0.972 bits per heavy atom. The molecule has 36 heavy (non-hydrogen) atoms. The molecule has 0 heterocycles. The summed E-state index contributed by atoms with van der Waals surface area (Å²) in [5, 5.41) is 0. The predicted molar refractivity (Wildman–Crippen MR) is 126 cm³/mol. The van der Waals surface area contributed by atoms with Crippen LogP contribution in [0.15, 0.2) is 105 Å². The fourth-order valence-corrected chi connectivity index (χ4v) is 8.96. The monoisotopic (exact) mass is 538 g/mol. The summed E-state index contributed by atoms with van der Waals surface area (Å²) in [5.41, 5.74) is 0.927. The third-order valence-corrected chi connectivity index (χ3v) is 10.6. The second-order valence-electron chi connectivity index (χ2n) is 7.60. The minimum atomic E-state index is -5.56. The zero-order chi connectivity index (χ0) is 26.1. The molecular weight excluding hydrogens is 519 g/mol. The molecule has 0 aliphatic carbocycles. The molecule has 0 saturated heterocycles. The van der Waals surface area contributed by atoms with Crippen molar-refractivity contribution in [3.05, 3.63) is 120 Å².